The fourth-order valence-corrected chi connectivity index (χ4v) is 5.89. The molecule has 6 heteroatoms. The highest BCUT2D eigenvalue weighted by Gasteiger charge is 2.41. The molecule has 2 aromatic carbocycles. The summed E-state index contributed by atoms with van der Waals surface area (Å²) in [7, 11) is 0. The molecule has 4 heterocycles. The number of rotatable bonds is 4. The minimum absolute atomic E-state index is 0.0356. The number of para-hydroxylation sites is 1. The van der Waals surface area contributed by atoms with Crippen LogP contribution in [0.5, 0.6) is 0 Å². The molecule has 33 heavy (non-hydrogen) atoms. The summed E-state index contributed by atoms with van der Waals surface area (Å²) in [6.45, 7) is 1.92. The SMILES string of the molecule is O=C(O)[C@@H](c1c(-c2ccccc2)[nH]c2ccccc12)N1C[C@H]2C[C@H](C1)c1cccc(=O)n1C2. The van der Waals surface area contributed by atoms with Crippen molar-refractivity contribution in [2.24, 2.45) is 5.92 Å². The second-order valence-corrected chi connectivity index (χ2v) is 9.22. The van der Waals surface area contributed by atoms with Crippen LogP contribution in [0.15, 0.2) is 77.6 Å². The molecule has 0 aliphatic carbocycles. The monoisotopic (exact) mass is 439 g/mol. The number of benzene rings is 2. The Hall–Kier alpha value is -3.64. The third-order valence-corrected chi connectivity index (χ3v) is 7.19. The van der Waals surface area contributed by atoms with Crippen molar-refractivity contribution in [1.29, 1.82) is 0 Å². The molecule has 0 amide bonds. The first-order valence-electron chi connectivity index (χ1n) is 11.4. The largest absolute Gasteiger partial charge is 0.480 e. The van der Waals surface area contributed by atoms with Crippen LogP contribution in [0.1, 0.15) is 29.6 Å². The van der Waals surface area contributed by atoms with Gasteiger partial charge in [-0.2, -0.15) is 0 Å². The molecular formula is C27H25N3O3. The van der Waals surface area contributed by atoms with Crippen molar-refractivity contribution in [1.82, 2.24) is 14.5 Å². The first-order chi connectivity index (χ1) is 16.1. The summed E-state index contributed by atoms with van der Waals surface area (Å²) in [5.74, 6) is -0.440. The Balaban J connectivity index is 1.48. The molecule has 4 aromatic rings. The van der Waals surface area contributed by atoms with Gasteiger partial charge in [-0.3, -0.25) is 14.5 Å². The van der Waals surface area contributed by atoms with Crippen molar-refractivity contribution >= 4 is 16.9 Å². The Kier molecular flexibility index (Phi) is 4.69. The molecule has 2 aromatic heterocycles. The van der Waals surface area contributed by atoms with Crippen molar-refractivity contribution in [3.8, 4) is 11.3 Å². The summed E-state index contributed by atoms with van der Waals surface area (Å²) in [5.41, 5.74) is 4.64. The van der Waals surface area contributed by atoms with Crippen LogP contribution < -0.4 is 5.56 Å². The van der Waals surface area contributed by atoms with Gasteiger partial charge in [-0.15, -0.1) is 0 Å². The van der Waals surface area contributed by atoms with E-state index in [9.17, 15) is 14.7 Å². The molecule has 2 aliphatic heterocycles. The zero-order chi connectivity index (χ0) is 22.5. The van der Waals surface area contributed by atoms with E-state index in [1.165, 1.54) is 0 Å². The summed E-state index contributed by atoms with van der Waals surface area (Å²) in [6, 6.07) is 22.5. The number of piperidine rings is 1. The van der Waals surface area contributed by atoms with Gasteiger partial charge in [-0.1, -0.05) is 54.6 Å². The molecule has 166 valence electrons. The number of carbonyl (C=O) groups is 1. The average Bonchev–Trinajstić information content (AvgIpc) is 3.20. The minimum atomic E-state index is -0.845. The second-order valence-electron chi connectivity index (χ2n) is 9.22. The number of carboxylic acids is 1. The number of H-pyrrole nitrogens is 1. The highest BCUT2D eigenvalue weighted by Crippen LogP contribution is 2.42. The van der Waals surface area contributed by atoms with Crippen molar-refractivity contribution in [2.45, 2.75) is 24.9 Å². The van der Waals surface area contributed by atoms with Gasteiger partial charge in [0.25, 0.3) is 5.56 Å². The first kappa shape index (κ1) is 20.0. The maximum atomic E-state index is 12.8. The molecule has 6 rings (SSSR count). The van der Waals surface area contributed by atoms with E-state index in [1.807, 2.05) is 71.3 Å². The van der Waals surface area contributed by atoms with E-state index >= 15 is 0 Å². The predicted molar refractivity (Wildman–Crippen MR) is 127 cm³/mol. The molecular weight excluding hydrogens is 414 g/mol. The van der Waals surface area contributed by atoms with Crippen molar-refractivity contribution < 1.29 is 9.90 Å². The molecule has 6 nitrogen and oxygen atoms in total. The number of aromatic nitrogens is 2. The van der Waals surface area contributed by atoms with E-state index in [-0.39, 0.29) is 17.4 Å². The maximum absolute atomic E-state index is 12.8. The van der Waals surface area contributed by atoms with Crippen molar-refractivity contribution in [3.63, 3.8) is 0 Å². The van der Waals surface area contributed by atoms with Gasteiger partial charge in [0.05, 0.1) is 5.69 Å². The molecule has 2 N–H and O–H groups in total. The normalized spacial score (nSPS) is 21.0. The fourth-order valence-electron chi connectivity index (χ4n) is 5.89. The molecule has 0 unspecified atom stereocenters. The number of fused-ring (bicyclic) bond motifs is 5. The number of aromatic amines is 1. The summed E-state index contributed by atoms with van der Waals surface area (Å²) < 4.78 is 1.88. The van der Waals surface area contributed by atoms with Gasteiger partial charge < -0.3 is 14.7 Å². The molecule has 2 bridgehead atoms. The Bertz CT molecular complexity index is 1410. The standard InChI is InChI=1S/C27H25N3O3/c31-23-12-6-11-22-19-13-17(15-30(22)23)14-29(16-19)26(27(32)33)24-20-9-4-5-10-21(20)28-25(24)18-7-2-1-3-8-18/h1-12,17,19,26,28H,13-16H2,(H,32,33)/t17-,19-,26-/m1/s1. The number of likely N-dealkylation sites (tertiary alicyclic amines) is 1. The van der Waals surface area contributed by atoms with Crippen LogP contribution in [0, 0.1) is 5.92 Å². The zero-order valence-corrected chi connectivity index (χ0v) is 18.1. The smallest absolute Gasteiger partial charge is 0.325 e. The number of pyridine rings is 1. The number of hydrogen-bond acceptors (Lipinski definition) is 3. The lowest BCUT2D eigenvalue weighted by molar-refractivity contribution is -0.144. The van der Waals surface area contributed by atoms with Gasteiger partial charge >= 0.3 is 5.97 Å². The lowest BCUT2D eigenvalue weighted by Crippen LogP contribution is -2.49. The summed E-state index contributed by atoms with van der Waals surface area (Å²) in [5, 5.41) is 11.5. The molecule has 3 atom stereocenters. The molecule has 0 radical (unpaired) electrons. The van der Waals surface area contributed by atoms with Crippen LogP contribution in [-0.4, -0.2) is 38.6 Å². The number of hydrogen-bond donors (Lipinski definition) is 2. The van der Waals surface area contributed by atoms with Crippen LogP contribution in [-0.2, 0) is 11.3 Å². The molecule has 0 saturated carbocycles. The number of aliphatic carboxylic acids is 1. The van der Waals surface area contributed by atoms with Gasteiger partial charge in [0.15, 0.2) is 0 Å². The van der Waals surface area contributed by atoms with Crippen LogP contribution in [0.2, 0.25) is 0 Å². The summed E-state index contributed by atoms with van der Waals surface area (Å²) in [4.78, 5) is 30.8. The highest BCUT2D eigenvalue weighted by atomic mass is 16.4. The quantitative estimate of drug-likeness (QED) is 0.499. The van der Waals surface area contributed by atoms with Gasteiger partial charge in [0.1, 0.15) is 6.04 Å². The topological polar surface area (TPSA) is 78.3 Å². The lowest BCUT2D eigenvalue weighted by Gasteiger charge is -2.44. The van der Waals surface area contributed by atoms with E-state index in [2.05, 4.69) is 9.88 Å². The Morgan fingerprint density at radius 2 is 1.73 bits per heavy atom. The summed E-state index contributed by atoms with van der Waals surface area (Å²) >= 11 is 0. The van der Waals surface area contributed by atoms with E-state index < -0.39 is 12.0 Å². The van der Waals surface area contributed by atoms with Gasteiger partial charge in [0.2, 0.25) is 0 Å². The third-order valence-electron chi connectivity index (χ3n) is 7.19. The number of carboxylic acid groups (broad SMARTS) is 1. The lowest BCUT2D eigenvalue weighted by atomic mass is 9.81. The van der Waals surface area contributed by atoms with Gasteiger partial charge in [-0.05, 0) is 30.0 Å². The van der Waals surface area contributed by atoms with Crippen LogP contribution in [0.4, 0.5) is 0 Å². The van der Waals surface area contributed by atoms with E-state index in [4.69, 9.17) is 0 Å². The van der Waals surface area contributed by atoms with E-state index in [0.29, 0.717) is 19.6 Å². The van der Waals surface area contributed by atoms with E-state index in [0.717, 1.165) is 39.8 Å². The second kappa shape index (κ2) is 7.74. The molecule has 0 spiro atoms. The maximum Gasteiger partial charge on any atom is 0.325 e. The van der Waals surface area contributed by atoms with Crippen molar-refractivity contribution in [2.75, 3.05) is 13.1 Å². The Morgan fingerprint density at radius 1 is 0.939 bits per heavy atom. The minimum Gasteiger partial charge on any atom is -0.480 e. The summed E-state index contributed by atoms with van der Waals surface area (Å²) in [6.07, 6.45) is 0.992. The zero-order valence-electron chi connectivity index (χ0n) is 18.1. The van der Waals surface area contributed by atoms with Crippen LogP contribution in [0.25, 0.3) is 22.2 Å². The molecule has 1 fully saturated rings. The van der Waals surface area contributed by atoms with Gasteiger partial charge in [0, 0.05) is 53.8 Å². The molecule has 2 aliphatic rings. The average molecular weight is 440 g/mol. The number of nitrogens with zero attached hydrogens (tertiary/aromatic N) is 2. The number of nitrogens with one attached hydrogen (secondary N) is 1. The fraction of sp³-hybridized carbons (Fsp3) is 0.259. The Labute approximate surface area is 191 Å². The van der Waals surface area contributed by atoms with E-state index in [1.54, 1.807) is 6.07 Å². The first-order valence-corrected chi connectivity index (χ1v) is 11.4. The predicted octanol–water partition coefficient (Wildman–Crippen LogP) is 4.24. The van der Waals surface area contributed by atoms with Crippen LogP contribution in [0.3, 0.4) is 0 Å². The van der Waals surface area contributed by atoms with Gasteiger partial charge in [-0.25, -0.2) is 0 Å². The molecule has 1 saturated heterocycles. The highest BCUT2D eigenvalue weighted by molar-refractivity contribution is 5.95. The third kappa shape index (κ3) is 3.29. The Morgan fingerprint density at radius 3 is 2.55 bits per heavy atom. The van der Waals surface area contributed by atoms with Crippen LogP contribution >= 0.6 is 0 Å². The van der Waals surface area contributed by atoms with Crippen molar-refractivity contribution in [3.05, 3.63) is 94.4 Å².